The van der Waals surface area contributed by atoms with E-state index in [2.05, 4.69) is 41.9 Å². The van der Waals surface area contributed by atoms with Gasteiger partial charge in [0.05, 0.1) is 11.3 Å². The van der Waals surface area contributed by atoms with Gasteiger partial charge in [-0.05, 0) is 66.4 Å². The molecule has 1 saturated heterocycles. The summed E-state index contributed by atoms with van der Waals surface area (Å²) in [6.45, 7) is 7.59. The molecule has 0 N–H and O–H groups in total. The molecule has 1 aliphatic heterocycles. The highest BCUT2D eigenvalue weighted by molar-refractivity contribution is 5.95. The van der Waals surface area contributed by atoms with Crippen LogP contribution in [0, 0.1) is 13.8 Å². The lowest BCUT2D eigenvalue weighted by molar-refractivity contribution is -0.145. The first-order valence-electron chi connectivity index (χ1n) is 17.8. The Morgan fingerprint density at radius 1 is 0.774 bits per heavy atom. The summed E-state index contributed by atoms with van der Waals surface area (Å²) >= 11 is 0. The Kier molecular flexibility index (Phi) is 11.8. The normalized spacial score (nSPS) is 14.3. The zero-order valence-corrected chi connectivity index (χ0v) is 30.0. The maximum atomic E-state index is 14.6. The number of carbonyl (C=O) groups is 2. The van der Waals surface area contributed by atoms with Gasteiger partial charge < -0.3 is 9.80 Å². The second kappa shape index (κ2) is 16.9. The minimum atomic E-state index is -4.46. The monoisotopic (exact) mass is 716 g/mol. The Labute approximate surface area is 309 Å². The summed E-state index contributed by atoms with van der Waals surface area (Å²) < 4.78 is 39.6. The molecule has 0 spiro atoms. The van der Waals surface area contributed by atoms with E-state index in [0.29, 0.717) is 38.2 Å². The third-order valence-electron chi connectivity index (χ3n) is 9.51. The van der Waals surface area contributed by atoms with E-state index in [9.17, 15) is 22.8 Å². The smallest absolute Gasteiger partial charge is 0.338 e. The molecule has 0 radical (unpaired) electrons. The van der Waals surface area contributed by atoms with Gasteiger partial charge in [0.25, 0.3) is 0 Å². The molecule has 1 fully saturated rings. The third kappa shape index (κ3) is 10.1. The van der Waals surface area contributed by atoms with E-state index in [-0.39, 0.29) is 12.5 Å². The number of carbonyl (C=O) groups excluding carboxylic acids is 2. The van der Waals surface area contributed by atoms with Gasteiger partial charge in [-0.15, -0.1) is 0 Å². The van der Waals surface area contributed by atoms with Crippen molar-refractivity contribution >= 4 is 17.9 Å². The van der Waals surface area contributed by atoms with E-state index in [0.717, 1.165) is 41.1 Å². The fourth-order valence-electron chi connectivity index (χ4n) is 6.82. The molecule has 53 heavy (non-hydrogen) atoms. The van der Waals surface area contributed by atoms with Gasteiger partial charge in [0.2, 0.25) is 11.8 Å². The minimum absolute atomic E-state index is 0.138. The highest BCUT2D eigenvalue weighted by Gasteiger charge is 2.34. The molecule has 0 saturated carbocycles. The number of aryl methyl sites for hydroxylation is 2. The van der Waals surface area contributed by atoms with Crippen molar-refractivity contribution in [3.63, 3.8) is 0 Å². The molecular weight excluding hydrogens is 674 g/mol. The maximum Gasteiger partial charge on any atom is 0.416 e. The molecule has 1 unspecified atom stereocenters. The van der Waals surface area contributed by atoms with E-state index < -0.39 is 23.7 Å². The lowest BCUT2D eigenvalue weighted by Gasteiger charge is -2.39. The molecule has 0 bridgehead atoms. The summed E-state index contributed by atoms with van der Waals surface area (Å²) in [6, 6.07) is 33.5. The molecule has 2 heterocycles. The fraction of sp³-hybridized carbons (Fsp3) is 0.250. The van der Waals surface area contributed by atoms with Crippen LogP contribution in [0.4, 0.5) is 13.2 Å². The Balaban J connectivity index is 1.27. The number of piperazine rings is 1. The quantitative estimate of drug-likeness (QED) is 0.129. The van der Waals surface area contributed by atoms with Crippen LogP contribution in [0.3, 0.4) is 0 Å². The third-order valence-corrected chi connectivity index (χ3v) is 9.51. The van der Waals surface area contributed by atoms with Crippen LogP contribution in [0.5, 0.6) is 0 Å². The summed E-state index contributed by atoms with van der Waals surface area (Å²) in [6.07, 6.45) is 0.411. The molecule has 0 aliphatic carbocycles. The number of nitrogens with zero attached hydrogens (tertiary/aromatic N) is 4. The number of aromatic nitrogens is 1. The summed E-state index contributed by atoms with van der Waals surface area (Å²) in [5, 5.41) is 0. The second-order valence-electron chi connectivity index (χ2n) is 13.6. The zero-order valence-electron chi connectivity index (χ0n) is 30.0. The lowest BCUT2D eigenvalue weighted by atomic mass is 10.0. The first-order chi connectivity index (χ1) is 25.5. The van der Waals surface area contributed by atoms with Crippen molar-refractivity contribution < 1.29 is 22.8 Å². The molecule has 1 aliphatic rings. The van der Waals surface area contributed by atoms with Crippen LogP contribution in [-0.4, -0.2) is 63.7 Å². The summed E-state index contributed by atoms with van der Waals surface area (Å²) in [4.78, 5) is 39.1. The first-order valence-corrected chi connectivity index (χ1v) is 17.8. The standard InChI is InChI=1S/C44H43F3N4O2/c1-32-26-33(2)28-37(27-32)30-49-22-24-50(25-23-49)43(53)41(29-35-8-4-3-5-9-35)51(31-36-11-16-38(17-12-36)40-10-6-7-21-48-40)42(52)20-15-34-13-18-39(19-14-34)44(45,46)47/h3-21,26-28,41H,22-25,29-31H2,1-2H3. The number of halogens is 3. The molecule has 6 rings (SSSR count). The molecule has 2 amide bonds. The zero-order chi connectivity index (χ0) is 37.4. The van der Waals surface area contributed by atoms with E-state index in [1.165, 1.54) is 41.0 Å². The van der Waals surface area contributed by atoms with Crippen LogP contribution in [-0.2, 0) is 35.3 Å². The van der Waals surface area contributed by atoms with Crippen LogP contribution in [0.25, 0.3) is 17.3 Å². The van der Waals surface area contributed by atoms with E-state index in [1.54, 1.807) is 11.1 Å². The van der Waals surface area contributed by atoms with Gasteiger partial charge in [0.1, 0.15) is 6.04 Å². The Morgan fingerprint density at radius 2 is 1.43 bits per heavy atom. The number of benzene rings is 4. The van der Waals surface area contributed by atoms with Crippen LogP contribution < -0.4 is 0 Å². The topological polar surface area (TPSA) is 56.8 Å². The summed E-state index contributed by atoms with van der Waals surface area (Å²) in [5.41, 5.74) is 6.85. The highest BCUT2D eigenvalue weighted by atomic mass is 19.4. The Hall–Kier alpha value is -5.54. The van der Waals surface area contributed by atoms with Crippen molar-refractivity contribution in [1.82, 2.24) is 19.7 Å². The molecule has 6 nitrogen and oxygen atoms in total. The predicted octanol–water partition coefficient (Wildman–Crippen LogP) is 8.38. The summed E-state index contributed by atoms with van der Waals surface area (Å²) in [5.74, 6) is -0.553. The number of rotatable bonds is 11. The Bertz CT molecular complexity index is 1990. The molecule has 1 aromatic heterocycles. The van der Waals surface area contributed by atoms with Gasteiger partial charge >= 0.3 is 6.18 Å². The van der Waals surface area contributed by atoms with Crippen molar-refractivity contribution in [2.24, 2.45) is 0 Å². The molecule has 4 aromatic carbocycles. The fourth-order valence-corrected chi connectivity index (χ4v) is 6.82. The van der Waals surface area contributed by atoms with Crippen LogP contribution in [0.1, 0.15) is 38.9 Å². The molecule has 9 heteroatoms. The van der Waals surface area contributed by atoms with Crippen molar-refractivity contribution in [2.45, 2.75) is 45.6 Å². The molecule has 5 aromatic rings. The van der Waals surface area contributed by atoms with E-state index in [1.807, 2.05) is 77.7 Å². The number of alkyl halides is 3. The average Bonchev–Trinajstić information content (AvgIpc) is 3.16. The van der Waals surface area contributed by atoms with Crippen molar-refractivity contribution in [2.75, 3.05) is 26.2 Å². The van der Waals surface area contributed by atoms with Gasteiger partial charge in [-0.3, -0.25) is 19.5 Å². The van der Waals surface area contributed by atoms with Crippen LogP contribution in [0.15, 0.2) is 128 Å². The van der Waals surface area contributed by atoms with Crippen LogP contribution in [0.2, 0.25) is 0 Å². The maximum absolute atomic E-state index is 14.6. The van der Waals surface area contributed by atoms with Crippen molar-refractivity contribution in [3.8, 4) is 11.3 Å². The van der Waals surface area contributed by atoms with Crippen molar-refractivity contribution in [3.05, 3.63) is 166 Å². The highest BCUT2D eigenvalue weighted by Crippen LogP contribution is 2.29. The Morgan fingerprint density at radius 3 is 2.06 bits per heavy atom. The van der Waals surface area contributed by atoms with Crippen LogP contribution >= 0.6 is 0 Å². The van der Waals surface area contributed by atoms with E-state index >= 15 is 0 Å². The second-order valence-corrected chi connectivity index (χ2v) is 13.6. The lowest BCUT2D eigenvalue weighted by Crippen LogP contribution is -2.56. The van der Waals surface area contributed by atoms with Gasteiger partial charge in [0.15, 0.2) is 0 Å². The number of hydrogen-bond donors (Lipinski definition) is 0. The van der Waals surface area contributed by atoms with Gasteiger partial charge in [-0.2, -0.15) is 13.2 Å². The SMILES string of the molecule is Cc1cc(C)cc(CN2CCN(C(=O)C(Cc3ccccc3)N(Cc3ccc(-c4ccccn4)cc3)C(=O)C=Cc3ccc(C(F)(F)F)cc3)CC2)c1. The molecule has 272 valence electrons. The van der Waals surface area contributed by atoms with Crippen molar-refractivity contribution in [1.29, 1.82) is 0 Å². The number of pyridine rings is 1. The molecule has 1 atom stereocenters. The van der Waals surface area contributed by atoms with Gasteiger partial charge in [-0.1, -0.05) is 102 Å². The predicted molar refractivity (Wildman–Crippen MR) is 202 cm³/mol. The van der Waals surface area contributed by atoms with Gasteiger partial charge in [0, 0.05) is 63.5 Å². The first kappa shape index (κ1) is 37.2. The largest absolute Gasteiger partial charge is 0.416 e. The number of hydrogen-bond acceptors (Lipinski definition) is 4. The minimum Gasteiger partial charge on any atom is -0.338 e. The van der Waals surface area contributed by atoms with Gasteiger partial charge in [-0.25, -0.2) is 0 Å². The molecular formula is C44H43F3N4O2. The number of amides is 2. The van der Waals surface area contributed by atoms with E-state index in [4.69, 9.17) is 0 Å². The summed E-state index contributed by atoms with van der Waals surface area (Å²) in [7, 11) is 0. The average molecular weight is 717 g/mol.